The Morgan fingerprint density at radius 3 is 2.44 bits per heavy atom. The van der Waals surface area contributed by atoms with Crippen molar-refractivity contribution in [1.29, 1.82) is 0 Å². The summed E-state index contributed by atoms with van der Waals surface area (Å²) in [5.41, 5.74) is 1.02. The third kappa shape index (κ3) is 5.76. The maximum absolute atomic E-state index is 12.4. The Hall–Kier alpha value is -1.95. The highest BCUT2D eigenvalue weighted by Crippen LogP contribution is 2.26. The highest BCUT2D eigenvalue weighted by Gasteiger charge is 2.22. The van der Waals surface area contributed by atoms with Gasteiger partial charge in [-0.05, 0) is 25.0 Å². The lowest BCUT2D eigenvalue weighted by molar-refractivity contribution is -0.131. The number of anilines is 1. The molecule has 1 saturated heterocycles. The van der Waals surface area contributed by atoms with Gasteiger partial charge in [-0.15, -0.1) is 0 Å². The minimum absolute atomic E-state index is 0.0896. The highest BCUT2D eigenvalue weighted by molar-refractivity contribution is 6.33. The van der Waals surface area contributed by atoms with E-state index in [1.807, 2.05) is 29.2 Å². The SMILES string of the molecule is O=C(NCCC(=O)N1CCN(c2ccccc2Cl)CC1)NC1CCCCC1. The molecule has 6 nitrogen and oxygen atoms in total. The maximum atomic E-state index is 12.4. The standard InChI is InChI=1S/C20H29ClN4O2/c21-17-8-4-5-9-18(17)24-12-14-25(15-13-24)19(26)10-11-22-20(27)23-16-6-2-1-3-7-16/h4-5,8-9,16H,1-3,6-7,10-15H2,(H2,22,23,27). The molecule has 3 rings (SSSR count). The number of urea groups is 1. The van der Waals surface area contributed by atoms with Crippen LogP contribution < -0.4 is 15.5 Å². The van der Waals surface area contributed by atoms with Crippen molar-refractivity contribution in [3.05, 3.63) is 29.3 Å². The zero-order valence-electron chi connectivity index (χ0n) is 15.8. The van der Waals surface area contributed by atoms with E-state index in [4.69, 9.17) is 11.6 Å². The third-order valence-electron chi connectivity index (χ3n) is 5.39. The summed E-state index contributed by atoms with van der Waals surface area (Å²) >= 11 is 6.26. The first-order chi connectivity index (χ1) is 13.1. The molecule has 0 aromatic heterocycles. The lowest BCUT2D eigenvalue weighted by Gasteiger charge is -2.36. The van der Waals surface area contributed by atoms with Gasteiger partial charge in [0.1, 0.15) is 0 Å². The van der Waals surface area contributed by atoms with Crippen LogP contribution in [-0.4, -0.2) is 55.6 Å². The summed E-state index contributed by atoms with van der Waals surface area (Å²) in [5, 5.41) is 6.57. The molecule has 148 valence electrons. The summed E-state index contributed by atoms with van der Waals surface area (Å²) in [6, 6.07) is 7.92. The average molecular weight is 393 g/mol. The van der Waals surface area contributed by atoms with E-state index in [-0.39, 0.29) is 18.0 Å². The molecule has 1 aromatic rings. The summed E-state index contributed by atoms with van der Waals surface area (Å²) in [6.45, 7) is 3.27. The summed E-state index contributed by atoms with van der Waals surface area (Å²) in [4.78, 5) is 28.4. The number of rotatable bonds is 5. The number of benzene rings is 1. The topological polar surface area (TPSA) is 64.7 Å². The molecule has 27 heavy (non-hydrogen) atoms. The van der Waals surface area contributed by atoms with Gasteiger partial charge in [-0.3, -0.25) is 4.79 Å². The molecule has 0 unspecified atom stereocenters. The van der Waals surface area contributed by atoms with Crippen molar-refractivity contribution >= 4 is 29.2 Å². The molecule has 1 aliphatic heterocycles. The highest BCUT2D eigenvalue weighted by atomic mass is 35.5. The van der Waals surface area contributed by atoms with Crippen molar-refractivity contribution in [2.24, 2.45) is 0 Å². The molecule has 1 aromatic carbocycles. The van der Waals surface area contributed by atoms with Crippen molar-refractivity contribution in [2.45, 2.75) is 44.6 Å². The molecule has 0 radical (unpaired) electrons. The van der Waals surface area contributed by atoms with Crippen LogP contribution in [0.5, 0.6) is 0 Å². The molecule has 0 spiro atoms. The number of hydrogen-bond donors (Lipinski definition) is 2. The van der Waals surface area contributed by atoms with Gasteiger partial charge in [0, 0.05) is 45.2 Å². The number of halogens is 1. The maximum Gasteiger partial charge on any atom is 0.315 e. The van der Waals surface area contributed by atoms with Gasteiger partial charge in [-0.2, -0.15) is 0 Å². The van der Waals surface area contributed by atoms with E-state index >= 15 is 0 Å². The number of nitrogens with zero attached hydrogens (tertiary/aromatic N) is 2. The van der Waals surface area contributed by atoms with Gasteiger partial charge in [0.25, 0.3) is 0 Å². The van der Waals surface area contributed by atoms with E-state index in [0.29, 0.717) is 26.1 Å². The molecule has 3 amide bonds. The van der Waals surface area contributed by atoms with Crippen LogP contribution in [0.4, 0.5) is 10.5 Å². The Balaban J connectivity index is 1.34. The van der Waals surface area contributed by atoms with E-state index in [1.165, 1.54) is 19.3 Å². The van der Waals surface area contributed by atoms with Crippen LogP contribution in [0.2, 0.25) is 5.02 Å². The van der Waals surface area contributed by atoms with Crippen LogP contribution >= 0.6 is 11.6 Å². The predicted molar refractivity (Wildman–Crippen MR) is 108 cm³/mol. The Morgan fingerprint density at radius 2 is 1.74 bits per heavy atom. The number of amides is 3. The van der Waals surface area contributed by atoms with Gasteiger partial charge >= 0.3 is 6.03 Å². The summed E-state index contributed by atoms with van der Waals surface area (Å²) in [7, 11) is 0. The van der Waals surface area contributed by atoms with Gasteiger partial charge in [-0.1, -0.05) is 43.0 Å². The quantitative estimate of drug-likeness (QED) is 0.809. The van der Waals surface area contributed by atoms with Crippen molar-refractivity contribution in [3.8, 4) is 0 Å². The zero-order chi connectivity index (χ0) is 19.1. The molecule has 2 fully saturated rings. The molecular formula is C20H29ClN4O2. The average Bonchev–Trinajstić information content (AvgIpc) is 2.69. The van der Waals surface area contributed by atoms with E-state index in [0.717, 1.165) is 36.6 Å². The van der Waals surface area contributed by atoms with Crippen molar-refractivity contribution < 1.29 is 9.59 Å². The van der Waals surface area contributed by atoms with E-state index < -0.39 is 0 Å². The first-order valence-electron chi connectivity index (χ1n) is 9.95. The monoisotopic (exact) mass is 392 g/mol. The summed E-state index contributed by atoms with van der Waals surface area (Å²) in [5.74, 6) is 0.0896. The summed E-state index contributed by atoms with van der Waals surface area (Å²) < 4.78 is 0. The number of carbonyl (C=O) groups is 2. The number of piperazine rings is 1. The first kappa shape index (κ1) is 19.8. The molecule has 1 aliphatic carbocycles. The fourth-order valence-corrected chi connectivity index (χ4v) is 4.08. The van der Waals surface area contributed by atoms with Crippen molar-refractivity contribution in [2.75, 3.05) is 37.6 Å². The molecule has 0 atom stereocenters. The third-order valence-corrected chi connectivity index (χ3v) is 5.71. The Kier molecular flexibility index (Phi) is 7.21. The number of nitrogens with one attached hydrogen (secondary N) is 2. The van der Waals surface area contributed by atoms with Gasteiger partial charge in [-0.25, -0.2) is 4.79 Å². The second-order valence-corrected chi connectivity index (χ2v) is 7.71. The second-order valence-electron chi connectivity index (χ2n) is 7.30. The van der Waals surface area contributed by atoms with Gasteiger partial charge in [0.15, 0.2) is 0 Å². The summed E-state index contributed by atoms with van der Waals surface area (Å²) in [6.07, 6.45) is 6.08. The Labute approximate surface area is 166 Å². The van der Waals surface area contributed by atoms with Gasteiger partial charge in [0.2, 0.25) is 5.91 Å². The minimum atomic E-state index is -0.154. The first-order valence-corrected chi connectivity index (χ1v) is 10.3. The second kappa shape index (κ2) is 9.83. The predicted octanol–water partition coefficient (Wildman–Crippen LogP) is 3.01. The zero-order valence-corrected chi connectivity index (χ0v) is 16.5. The molecular weight excluding hydrogens is 364 g/mol. The van der Waals surface area contributed by atoms with Crippen LogP contribution in [0.1, 0.15) is 38.5 Å². The van der Waals surface area contributed by atoms with Crippen LogP contribution in [-0.2, 0) is 4.79 Å². The number of para-hydroxylation sites is 1. The smallest absolute Gasteiger partial charge is 0.315 e. The molecule has 2 aliphatic rings. The van der Waals surface area contributed by atoms with Crippen LogP contribution in [0.15, 0.2) is 24.3 Å². The molecule has 1 saturated carbocycles. The van der Waals surface area contributed by atoms with E-state index in [9.17, 15) is 9.59 Å². The number of hydrogen-bond acceptors (Lipinski definition) is 3. The minimum Gasteiger partial charge on any atom is -0.367 e. The Bertz CT molecular complexity index is 641. The Morgan fingerprint density at radius 1 is 1.04 bits per heavy atom. The van der Waals surface area contributed by atoms with Crippen LogP contribution in [0, 0.1) is 0 Å². The normalized spacial score (nSPS) is 18.3. The lowest BCUT2D eigenvalue weighted by Crippen LogP contribution is -2.49. The largest absolute Gasteiger partial charge is 0.367 e. The molecule has 2 N–H and O–H groups in total. The fraction of sp³-hybridized carbons (Fsp3) is 0.600. The lowest BCUT2D eigenvalue weighted by atomic mass is 9.96. The molecule has 1 heterocycles. The van der Waals surface area contributed by atoms with Crippen molar-refractivity contribution in [3.63, 3.8) is 0 Å². The van der Waals surface area contributed by atoms with E-state index in [1.54, 1.807) is 0 Å². The number of carbonyl (C=O) groups excluding carboxylic acids is 2. The van der Waals surface area contributed by atoms with E-state index in [2.05, 4.69) is 15.5 Å². The van der Waals surface area contributed by atoms with Gasteiger partial charge < -0.3 is 20.4 Å². The fourth-order valence-electron chi connectivity index (χ4n) is 3.83. The molecule has 7 heteroatoms. The van der Waals surface area contributed by atoms with Gasteiger partial charge in [0.05, 0.1) is 10.7 Å². The van der Waals surface area contributed by atoms with Crippen molar-refractivity contribution in [1.82, 2.24) is 15.5 Å². The molecule has 0 bridgehead atoms. The van der Waals surface area contributed by atoms with Crippen LogP contribution in [0.25, 0.3) is 0 Å². The van der Waals surface area contributed by atoms with Crippen LogP contribution in [0.3, 0.4) is 0 Å².